The standard InChI is InChI=1S/C9H10NS/c1-7-3-5-10(2)8-4-6-11-9(7)8/h3-6H,1-2H3/q+1. The van der Waals surface area contributed by atoms with Gasteiger partial charge in [0.15, 0.2) is 6.20 Å². The zero-order valence-electron chi connectivity index (χ0n) is 6.66. The Morgan fingerprint density at radius 1 is 1.36 bits per heavy atom. The highest BCUT2D eigenvalue weighted by molar-refractivity contribution is 7.17. The van der Waals surface area contributed by atoms with Crippen LogP contribution < -0.4 is 4.57 Å². The van der Waals surface area contributed by atoms with Crippen molar-refractivity contribution in [3.63, 3.8) is 0 Å². The first-order valence-electron chi connectivity index (χ1n) is 3.61. The van der Waals surface area contributed by atoms with Crippen LogP contribution in [0.25, 0.3) is 10.2 Å². The van der Waals surface area contributed by atoms with E-state index in [1.807, 2.05) is 11.3 Å². The Labute approximate surface area is 69.9 Å². The molecule has 0 N–H and O–H groups in total. The third kappa shape index (κ3) is 0.942. The minimum Gasteiger partial charge on any atom is -0.200 e. The van der Waals surface area contributed by atoms with Crippen LogP contribution in [0.15, 0.2) is 23.7 Å². The fraction of sp³-hybridized carbons (Fsp3) is 0.222. The van der Waals surface area contributed by atoms with Gasteiger partial charge in [-0.25, -0.2) is 4.57 Å². The molecule has 0 radical (unpaired) electrons. The molecule has 0 unspecified atom stereocenters. The van der Waals surface area contributed by atoms with E-state index in [0.29, 0.717) is 0 Å². The van der Waals surface area contributed by atoms with Gasteiger partial charge in [-0.2, -0.15) is 0 Å². The molecule has 0 bridgehead atoms. The van der Waals surface area contributed by atoms with Crippen LogP contribution in [0, 0.1) is 6.92 Å². The van der Waals surface area contributed by atoms with Crippen molar-refractivity contribution in [3.8, 4) is 0 Å². The monoisotopic (exact) mass is 164 g/mol. The van der Waals surface area contributed by atoms with Crippen LogP contribution in [0.2, 0.25) is 0 Å². The topological polar surface area (TPSA) is 3.88 Å². The number of aryl methyl sites for hydroxylation is 2. The van der Waals surface area contributed by atoms with Crippen LogP contribution in [0.4, 0.5) is 0 Å². The second kappa shape index (κ2) is 2.31. The van der Waals surface area contributed by atoms with E-state index in [1.54, 1.807) is 0 Å². The lowest BCUT2D eigenvalue weighted by molar-refractivity contribution is -0.644. The molecule has 2 rings (SSSR count). The van der Waals surface area contributed by atoms with Crippen LogP contribution >= 0.6 is 11.3 Å². The zero-order valence-corrected chi connectivity index (χ0v) is 7.48. The first kappa shape index (κ1) is 6.80. The summed E-state index contributed by atoms with van der Waals surface area (Å²) in [5, 5.41) is 2.14. The molecule has 0 fully saturated rings. The minimum absolute atomic E-state index is 1.33. The number of hydrogen-bond donors (Lipinski definition) is 0. The van der Waals surface area contributed by atoms with Gasteiger partial charge >= 0.3 is 0 Å². The van der Waals surface area contributed by atoms with Crippen molar-refractivity contribution in [1.82, 2.24) is 0 Å². The molecule has 0 atom stereocenters. The second-order valence-electron chi connectivity index (χ2n) is 2.74. The average molecular weight is 164 g/mol. The molecule has 0 aliphatic rings. The molecule has 0 aromatic carbocycles. The summed E-state index contributed by atoms with van der Waals surface area (Å²) in [4.78, 5) is 0. The van der Waals surface area contributed by atoms with Gasteiger partial charge in [-0.1, -0.05) is 0 Å². The number of thiophene rings is 1. The molecular formula is C9H10NS+. The van der Waals surface area contributed by atoms with E-state index >= 15 is 0 Å². The Bertz CT molecular complexity index is 353. The third-order valence-electron chi connectivity index (χ3n) is 1.93. The van der Waals surface area contributed by atoms with E-state index in [2.05, 4.69) is 42.2 Å². The summed E-state index contributed by atoms with van der Waals surface area (Å²) in [5.41, 5.74) is 2.70. The predicted molar refractivity (Wildman–Crippen MR) is 47.7 cm³/mol. The molecule has 0 saturated carbocycles. The summed E-state index contributed by atoms with van der Waals surface area (Å²) in [5.74, 6) is 0. The van der Waals surface area contributed by atoms with Crippen molar-refractivity contribution in [2.75, 3.05) is 0 Å². The third-order valence-corrected chi connectivity index (χ3v) is 2.97. The van der Waals surface area contributed by atoms with Gasteiger partial charge in [-0.15, -0.1) is 11.3 Å². The maximum absolute atomic E-state index is 2.16. The largest absolute Gasteiger partial charge is 0.223 e. The second-order valence-corrected chi connectivity index (χ2v) is 3.66. The van der Waals surface area contributed by atoms with Crippen molar-refractivity contribution in [2.24, 2.45) is 7.05 Å². The molecule has 2 heterocycles. The quantitative estimate of drug-likeness (QED) is 0.525. The fourth-order valence-corrected chi connectivity index (χ4v) is 2.17. The molecule has 11 heavy (non-hydrogen) atoms. The van der Waals surface area contributed by atoms with Crippen molar-refractivity contribution in [2.45, 2.75) is 6.92 Å². The molecule has 0 amide bonds. The van der Waals surface area contributed by atoms with E-state index in [0.717, 1.165) is 0 Å². The first-order valence-corrected chi connectivity index (χ1v) is 4.49. The van der Waals surface area contributed by atoms with Crippen LogP contribution in [0.3, 0.4) is 0 Å². The van der Waals surface area contributed by atoms with Gasteiger partial charge in [0, 0.05) is 12.1 Å². The van der Waals surface area contributed by atoms with Crippen molar-refractivity contribution in [3.05, 3.63) is 29.3 Å². The van der Waals surface area contributed by atoms with Crippen LogP contribution in [-0.2, 0) is 7.05 Å². The van der Waals surface area contributed by atoms with Crippen LogP contribution in [0.5, 0.6) is 0 Å². The minimum atomic E-state index is 1.33. The van der Waals surface area contributed by atoms with Gasteiger partial charge < -0.3 is 0 Å². The SMILES string of the molecule is Cc1cc[n+](C)c2ccsc12. The summed E-state index contributed by atoms with van der Waals surface area (Å²) < 4.78 is 3.55. The van der Waals surface area contributed by atoms with E-state index in [-0.39, 0.29) is 0 Å². The number of nitrogens with zero attached hydrogens (tertiary/aromatic N) is 1. The summed E-state index contributed by atoms with van der Waals surface area (Å²) in [6.07, 6.45) is 2.10. The highest BCUT2D eigenvalue weighted by Crippen LogP contribution is 2.20. The Morgan fingerprint density at radius 2 is 2.18 bits per heavy atom. The van der Waals surface area contributed by atoms with Crippen molar-refractivity contribution in [1.29, 1.82) is 0 Å². The molecule has 56 valence electrons. The summed E-state index contributed by atoms with van der Waals surface area (Å²) in [6.45, 7) is 2.15. The van der Waals surface area contributed by atoms with Gasteiger partial charge in [-0.05, 0) is 17.9 Å². The zero-order chi connectivity index (χ0) is 7.84. The molecule has 0 spiro atoms. The van der Waals surface area contributed by atoms with E-state index in [4.69, 9.17) is 0 Å². The first-order chi connectivity index (χ1) is 5.29. The maximum Gasteiger partial charge on any atom is 0.223 e. The van der Waals surface area contributed by atoms with Gasteiger partial charge in [0.1, 0.15) is 11.7 Å². The van der Waals surface area contributed by atoms with Crippen molar-refractivity contribution < 1.29 is 4.57 Å². The smallest absolute Gasteiger partial charge is 0.200 e. The van der Waals surface area contributed by atoms with Gasteiger partial charge in [0.25, 0.3) is 0 Å². The van der Waals surface area contributed by atoms with Gasteiger partial charge in [0.05, 0.1) is 0 Å². The Balaban J connectivity index is 2.96. The lowest BCUT2D eigenvalue weighted by Crippen LogP contribution is -2.27. The summed E-state index contributed by atoms with van der Waals surface area (Å²) >= 11 is 1.81. The maximum atomic E-state index is 2.16. The summed E-state index contributed by atoms with van der Waals surface area (Å²) in [7, 11) is 2.08. The molecule has 0 aliphatic carbocycles. The molecule has 1 nitrogen and oxygen atoms in total. The van der Waals surface area contributed by atoms with Crippen molar-refractivity contribution >= 4 is 21.6 Å². The fourth-order valence-electron chi connectivity index (χ4n) is 1.25. The lowest BCUT2D eigenvalue weighted by Gasteiger charge is -1.92. The van der Waals surface area contributed by atoms with E-state index < -0.39 is 0 Å². The normalized spacial score (nSPS) is 10.7. The molecular weight excluding hydrogens is 154 g/mol. The van der Waals surface area contributed by atoms with Crippen LogP contribution in [0.1, 0.15) is 5.56 Å². The number of pyridine rings is 1. The Kier molecular flexibility index (Phi) is 1.43. The number of rotatable bonds is 0. The lowest BCUT2D eigenvalue weighted by atomic mass is 10.3. The average Bonchev–Trinajstić information content (AvgIpc) is 2.45. The predicted octanol–water partition coefficient (Wildman–Crippen LogP) is 2.03. The highest BCUT2D eigenvalue weighted by Gasteiger charge is 2.06. The summed E-state index contributed by atoms with van der Waals surface area (Å²) in [6, 6.07) is 4.31. The Hall–Kier alpha value is -0.890. The number of hydrogen-bond acceptors (Lipinski definition) is 1. The molecule has 0 aliphatic heterocycles. The number of fused-ring (bicyclic) bond motifs is 1. The van der Waals surface area contributed by atoms with Gasteiger partial charge in [-0.3, -0.25) is 0 Å². The number of aromatic nitrogens is 1. The highest BCUT2D eigenvalue weighted by atomic mass is 32.1. The molecule has 2 aromatic rings. The van der Waals surface area contributed by atoms with E-state index in [1.165, 1.54) is 15.8 Å². The van der Waals surface area contributed by atoms with E-state index in [9.17, 15) is 0 Å². The Morgan fingerprint density at radius 3 is 2.91 bits per heavy atom. The van der Waals surface area contributed by atoms with Gasteiger partial charge in [0.2, 0.25) is 5.52 Å². The molecule has 2 heteroatoms. The molecule has 2 aromatic heterocycles. The molecule has 0 saturated heterocycles. The van der Waals surface area contributed by atoms with Crippen LogP contribution in [-0.4, -0.2) is 0 Å².